The van der Waals surface area contributed by atoms with Crippen LogP contribution in [0.3, 0.4) is 0 Å². The molecule has 4 rings (SSSR count). The summed E-state index contributed by atoms with van der Waals surface area (Å²) < 4.78 is 0. The van der Waals surface area contributed by atoms with Gasteiger partial charge >= 0.3 is 0 Å². The summed E-state index contributed by atoms with van der Waals surface area (Å²) in [4.78, 5) is 11.5. The zero-order valence-corrected chi connectivity index (χ0v) is 13.9. The highest BCUT2D eigenvalue weighted by Gasteiger charge is 2.17. The predicted molar refractivity (Wildman–Crippen MR) is 102 cm³/mol. The van der Waals surface area contributed by atoms with Gasteiger partial charge in [0.15, 0.2) is 0 Å². The van der Waals surface area contributed by atoms with E-state index in [4.69, 9.17) is 5.73 Å². The number of rotatable bonds is 2. The van der Waals surface area contributed by atoms with Crippen molar-refractivity contribution in [1.29, 1.82) is 0 Å². The largest absolute Gasteiger partial charge is 0.366 e. The van der Waals surface area contributed by atoms with Crippen LogP contribution < -0.4 is 5.73 Å². The van der Waals surface area contributed by atoms with Gasteiger partial charge in [-0.25, -0.2) is 0 Å². The average molecular weight is 325 g/mol. The second-order valence-corrected chi connectivity index (χ2v) is 6.36. The number of amides is 1. The molecule has 0 unspecified atom stereocenters. The van der Waals surface area contributed by atoms with E-state index in [9.17, 15) is 4.79 Å². The fraction of sp³-hybridized carbons (Fsp3) is 0.0870. The van der Waals surface area contributed by atoms with Gasteiger partial charge < -0.3 is 5.73 Å². The molecule has 0 spiro atoms. The van der Waals surface area contributed by atoms with E-state index in [1.807, 2.05) is 18.2 Å². The van der Waals surface area contributed by atoms with E-state index in [-0.39, 0.29) is 0 Å². The maximum Gasteiger partial charge on any atom is 0.248 e. The van der Waals surface area contributed by atoms with Gasteiger partial charge in [-0.1, -0.05) is 60.7 Å². The van der Waals surface area contributed by atoms with Crippen molar-refractivity contribution in [2.75, 3.05) is 0 Å². The van der Waals surface area contributed by atoms with Gasteiger partial charge in [-0.05, 0) is 64.4 Å². The van der Waals surface area contributed by atoms with Gasteiger partial charge in [-0.15, -0.1) is 0 Å². The molecule has 3 aromatic rings. The quantitative estimate of drug-likeness (QED) is 0.742. The third kappa shape index (κ3) is 2.99. The molecule has 1 amide bonds. The van der Waals surface area contributed by atoms with Gasteiger partial charge in [0.05, 0.1) is 0 Å². The van der Waals surface area contributed by atoms with Crippen molar-refractivity contribution in [3.05, 3.63) is 106 Å². The lowest BCUT2D eigenvalue weighted by Crippen LogP contribution is -2.10. The summed E-state index contributed by atoms with van der Waals surface area (Å²) in [6.45, 7) is 0. The standard InChI is InChI=1S/C23H19NO/c24-23(25)19-9-5-6-16(14-19)15-22-20-10-3-1-7-17(20)12-13-18-8-2-4-11-21(18)22/h1-11,14-15H,12-13H2,(H2,24,25). The van der Waals surface area contributed by atoms with E-state index in [0.717, 1.165) is 18.4 Å². The number of nitrogens with two attached hydrogens (primary N) is 1. The number of carbonyl (C=O) groups excluding carboxylic acids is 1. The first-order valence-electron chi connectivity index (χ1n) is 8.50. The number of primary amides is 1. The summed E-state index contributed by atoms with van der Waals surface area (Å²) in [6.07, 6.45) is 4.23. The Balaban J connectivity index is 1.94. The molecule has 0 heterocycles. The second kappa shape index (κ2) is 6.40. The minimum atomic E-state index is -0.401. The van der Waals surface area contributed by atoms with E-state index in [1.54, 1.807) is 6.07 Å². The summed E-state index contributed by atoms with van der Waals surface area (Å²) >= 11 is 0. The van der Waals surface area contributed by atoms with Crippen molar-refractivity contribution in [3.63, 3.8) is 0 Å². The first-order valence-corrected chi connectivity index (χ1v) is 8.50. The number of fused-ring (bicyclic) bond motifs is 2. The summed E-state index contributed by atoms with van der Waals surface area (Å²) in [5, 5.41) is 0. The molecule has 0 saturated carbocycles. The summed E-state index contributed by atoms with van der Waals surface area (Å²) in [5.74, 6) is -0.401. The maximum atomic E-state index is 11.5. The van der Waals surface area contributed by atoms with Crippen molar-refractivity contribution >= 4 is 17.6 Å². The Morgan fingerprint density at radius 2 is 1.40 bits per heavy atom. The van der Waals surface area contributed by atoms with Gasteiger partial charge in [0.1, 0.15) is 0 Å². The summed E-state index contributed by atoms with van der Waals surface area (Å²) in [7, 11) is 0. The molecule has 3 aromatic carbocycles. The van der Waals surface area contributed by atoms with Crippen LogP contribution in [0.15, 0.2) is 72.8 Å². The molecule has 1 aliphatic rings. The van der Waals surface area contributed by atoms with Gasteiger partial charge in [0.2, 0.25) is 5.91 Å². The summed E-state index contributed by atoms with van der Waals surface area (Å²) in [5.41, 5.74) is 13.4. The van der Waals surface area contributed by atoms with Crippen molar-refractivity contribution in [3.8, 4) is 0 Å². The molecule has 0 aromatic heterocycles. The third-order valence-electron chi connectivity index (χ3n) is 4.76. The van der Waals surface area contributed by atoms with Gasteiger partial charge in [-0.2, -0.15) is 0 Å². The molecule has 0 saturated heterocycles. The Labute approximate surface area is 147 Å². The van der Waals surface area contributed by atoms with Crippen LogP contribution in [0.1, 0.15) is 38.2 Å². The third-order valence-corrected chi connectivity index (χ3v) is 4.76. The first-order chi connectivity index (χ1) is 12.2. The molecule has 0 aliphatic heterocycles. The Kier molecular flexibility index (Phi) is 3.95. The predicted octanol–water partition coefficient (Wildman–Crippen LogP) is 4.47. The highest BCUT2D eigenvalue weighted by molar-refractivity contribution is 5.96. The van der Waals surface area contributed by atoms with Crippen LogP contribution in [0.4, 0.5) is 0 Å². The molecular weight excluding hydrogens is 306 g/mol. The molecule has 0 bridgehead atoms. The van der Waals surface area contributed by atoms with Gasteiger partial charge in [0.25, 0.3) is 0 Å². The second-order valence-electron chi connectivity index (χ2n) is 6.36. The SMILES string of the molecule is NC(=O)c1cccc(C=C2c3ccccc3CCc3ccccc32)c1. The Hall–Kier alpha value is -3.13. The monoisotopic (exact) mass is 325 g/mol. The molecule has 0 atom stereocenters. The van der Waals surface area contributed by atoms with Crippen molar-refractivity contribution in [2.24, 2.45) is 5.73 Å². The lowest BCUT2D eigenvalue weighted by atomic mass is 9.92. The number of hydrogen-bond acceptors (Lipinski definition) is 1. The van der Waals surface area contributed by atoms with Crippen LogP contribution in [0.25, 0.3) is 11.6 Å². The molecule has 2 nitrogen and oxygen atoms in total. The van der Waals surface area contributed by atoms with Crippen LogP contribution in [-0.4, -0.2) is 5.91 Å². The topological polar surface area (TPSA) is 43.1 Å². The average Bonchev–Trinajstić information content (AvgIpc) is 2.80. The molecular formula is C23H19NO. The van der Waals surface area contributed by atoms with E-state index in [2.05, 4.69) is 54.6 Å². The molecule has 2 N–H and O–H groups in total. The molecule has 0 fully saturated rings. The highest BCUT2D eigenvalue weighted by atomic mass is 16.1. The zero-order chi connectivity index (χ0) is 17.2. The first kappa shape index (κ1) is 15.4. The van der Waals surface area contributed by atoms with Crippen molar-refractivity contribution in [2.45, 2.75) is 12.8 Å². The van der Waals surface area contributed by atoms with Gasteiger partial charge in [-0.3, -0.25) is 4.79 Å². The number of aryl methyl sites for hydroxylation is 2. The molecule has 122 valence electrons. The number of hydrogen-bond donors (Lipinski definition) is 1. The number of benzene rings is 3. The fourth-order valence-electron chi connectivity index (χ4n) is 3.52. The van der Waals surface area contributed by atoms with Crippen LogP contribution in [0, 0.1) is 0 Å². The molecule has 1 aliphatic carbocycles. The highest BCUT2D eigenvalue weighted by Crippen LogP contribution is 2.34. The maximum absolute atomic E-state index is 11.5. The minimum Gasteiger partial charge on any atom is -0.366 e. The van der Waals surface area contributed by atoms with Gasteiger partial charge in [0, 0.05) is 5.56 Å². The van der Waals surface area contributed by atoms with Crippen LogP contribution in [0.5, 0.6) is 0 Å². The van der Waals surface area contributed by atoms with E-state index in [1.165, 1.54) is 27.8 Å². The van der Waals surface area contributed by atoms with Crippen LogP contribution in [0.2, 0.25) is 0 Å². The minimum absolute atomic E-state index is 0.401. The zero-order valence-electron chi connectivity index (χ0n) is 13.9. The van der Waals surface area contributed by atoms with Crippen LogP contribution in [-0.2, 0) is 12.8 Å². The fourth-order valence-corrected chi connectivity index (χ4v) is 3.52. The molecule has 2 heteroatoms. The summed E-state index contributed by atoms with van der Waals surface area (Å²) in [6, 6.07) is 24.6. The molecule has 25 heavy (non-hydrogen) atoms. The smallest absolute Gasteiger partial charge is 0.248 e. The van der Waals surface area contributed by atoms with Crippen molar-refractivity contribution in [1.82, 2.24) is 0 Å². The lowest BCUT2D eigenvalue weighted by molar-refractivity contribution is 0.100. The van der Waals surface area contributed by atoms with E-state index >= 15 is 0 Å². The Bertz CT molecular complexity index is 935. The van der Waals surface area contributed by atoms with Crippen molar-refractivity contribution < 1.29 is 4.79 Å². The normalized spacial score (nSPS) is 12.7. The Morgan fingerprint density at radius 3 is 2.00 bits per heavy atom. The number of carbonyl (C=O) groups is 1. The van der Waals surface area contributed by atoms with E-state index < -0.39 is 5.91 Å². The van der Waals surface area contributed by atoms with Crippen LogP contribution >= 0.6 is 0 Å². The molecule has 0 radical (unpaired) electrons. The Morgan fingerprint density at radius 1 is 0.800 bits per heavy atom. The van der Waals surface area contributed by atoms with E-state index in [0.29, 0.717) is 5.56 Å². The lowest BCUT2D eigenvalue weighted by Gasteiger charge is -2.12.